The van der Waals surface area contributed by atoms with Gasteiger partial charge in [0.05, 0.1) is 50.8 Å². The summed E-state index contributed by atoms with van der Waals surface area (Å²) in [7, 11) is 8.34. The smallest absolute Gasteiger partial charge is 0.410 e. The quantitative estimate of drug-likeness (QED) is 0.0782. The Bertz CT molecular complexity index is 2530. The molecule has 0 spiro atoms. The number of likely N-dealkylation sites (N-methyl/N-ethyl adjacent to an activating group) is 2. The molecule has 2 aromatic carbocycles. The number of esters is 4. The summed E-state index contributed by atoms with van der Waals surface area (Å²) < 4.78 is 49.8. The van der Waals surface area contributed by atoms with Gasteiger partial charge in [0.15, 0.2) is 6.10 Å². The number of hydrogen-bond acceptors (Lipinski definition) is 19. The second kappa shape index (κ2) is 32.1. The van der Waals surface area contributed by atoms with Crippen LogP contribution in [0.4, 0.5) is 4.79 Å². The first-order valence-corrected chi connectivity index (χ1v) is 28.0. The maximum absolute atomic E-state index is 14.8. The standard InChI is InChI=1S/C59H87N5O19/c1-16-34(6)50(44(75-12)30-47(68)64-26-20-23-42(64)51(76-13)35(7)53(69)60-41(56(72)77-14)27-38-21-18-17-19-22-38)62(10)55(71)48(32(2)3)61-54(70)49(33(4)5)63(11)59(74)79-31-39-24-25-40(28-43(39)67)82-58-52(81-37(9)66)45(80-36(8)65)29-46(83-58)57(73)78-15/h17-19,21-22,24-25,28,32-35,41-42,44-46,48-52,58,67H,16,20,23,26-27,29-31H2,1-15H3,(H,60,69)(H,61,70)/t34?,35?,41?,42-,44?,45-,46-,48-,49?,50-,51?,52+,58?/m0/s1. The van der Waals surface area contributed by atoms with Gasteiger partial charge in [0.2, 0.25) is 36.0 Å². The summed E-state index contributed by atoms with van der Waals surface area (Å²) in [4.78, 5) is 125. The van der Waals surface area contributed by atoms with E-state index < -0.39 is 145 Å². The van der Waals surface area contributed by atoms with Crippen LogP contribution in [0.2, 0.25) is 0 Å². The van der Waals surface area contributed by atoms with Crippen molar-refractivity contribution < 1.29 is 90.9 Å². The fraction of sp³-hybridized carbons (Fsp3) is 0.644. The summed E-state index contributed by atoms with van der Waals surface area (Å²) in [5, 5.41) is 16.8. The molecule has 0 aliphatic carbocycles. The molecule has 5 amide bonds. The first-order chi connectivity index (χ1) is 39.2. The highest BCUT2D eigenvalue weighted by Crippen LogP contribution is 2.33. The molecule has 2 fully saturated rings. The van der Waals surface area contributed by atoms with Crippen molar-refractivity contribution in [1.29, 1.82) is 0 Å². The molecule has 24 heteroatoms. The molecule has 2 aliphatic heterocycles. The number of carbonyl (C=O) groups excluding carboxylic acids is 9. The second-order valence-corrected chi connectivity index (χ2v) is 21.8. The number of nitrogens with one attached hydrogen (secondary N) is 2. The number of methoxy groups -OCH3 is 4. The SMILES string of the molecule is CCC(C)[C@@H](C(CC(=O)N1CCC[C@H]1C(OC)C(C)C(=O)NC(Cc1ccccc1)C(=O)OC)OC)N(C)C(=O)[C@@H](NC(=O)C(C(C)C)N(C)C(=O)OCc1ccc(OC2O[C@H](C(=O)OC)C[C@H](OC(C)=O)[C@H]2OC(C)=O)cc1O)C(C)C. The number of aromatic hydroxyl groups is 1. The molecule has 3 N–H and O–H groups in total. The molecule has 0 radical (unpaired) electrons. The number of carbonyl (C=O) groups is 9. The number of hydrogen-bond donors (Lipinski definition) is 3. The van der Waals surface area contributed by atoms with Crippen LogP contribution >= 0.6 is 0 Å². The van der Waals surface area contributed by atoms with Gasteiger partial charge in [-0.2, -0.15) is 0 Å². The summed E-state index contributed by atoms with van der Waals surface area (Å²) in [5.74, 6) is -7.03. The van der Waals surface area contributed by atoms with Gasteiger partial charge in [-0.15, -0.1) is 0 Å². The lowest BCUT2D eigenvalue weighted by atomic mass is 9.89. The summed E-state index contributed by atoms with van der Waals surface area (Å²) in [6, 6.07) is 8.82. The van der Waals surface area contributed by atoms with Gasteiger partial charge < -0.3 is 68.2 Å². The zero-order valence-electron chi connectivity index (χ0n) is 50.6. The number of nitrogens with zero attached hydrogens (tertiary/aromatic N) is 3. The molecule has 462 valence electrons. The van der Waals surface area contributed by atoms with Crippen molar-refractivity contribution in [2.24, 2.45) is 23.7 Å². The lowest BCUT2D eigenvalue weighted by molar-refractivity contribution is -0.251. The van der Waals surface area contributed by atoms with Crippen LogP contribution in [0.5, 0.6) is 11.5 Å². The highest BCUT2D eigenvalue weighted by Gasteiger charge is 2.48. The zero-order valence-corrected chi connectivity index (χ0v) is 50.6. The van der Waals surface area contributed by atoms with Crippen LogP contribution in [0, 0.1) is 23.7 Å². The van der Waals surface area contributed by atoms with Gasteiger partial charge in [-0.3, -0.25) is 33.7 Å². The average molecular weight is 1170 g/mol. The summed E-state index contributed by atoms with van der Waals surface area (Å²) >= 11 is 0. The Morgan fingerprint density at radius 1 is 0.807 bits per heavy atom. The summed E-state index contributed by atoms with van der Waals surface area (Å²) in [5.41, 5.74) is 0.953. The van der Waals surface area contributed by atoms with Crippen molar-refractivity contribution >= 4 is 53.6 Å². The number of phenols is 1. The number of ether oxygens (including phenoxy) is 9. The van der Waals surface area contributed by atoms with Gasteiger partial charge in [0.25, 0.3) is 0 Å². The Morgan fingerprint density at radius 2 is 1.47 bits per heavy atom. The van der Waals surface area contributed by atoms with E-state index in [0.717, 1.165) is 37.5 Å². The largest absolute Gasteiger partial charge is 0.507 e. The third-order valence-electron chi connectivity index (χ3n) is 15.3. The zero-order chi connectivity index (χ0) is 62.0. The van der Waals surface area contributed by atoms with E-state index in [9.17, 15) is 48.3 Å². The molecule has 2 heterocycles. The van der Waals surface area contributed by atoms with Gasteiger partial charge in [0, 0.05) is 73.2 Å². The predicted molar refractivity (Wildman–Crippen MR) is 299 cm³/mol. The Kier molecular flexibility index (Phi) is 26.5. The molecule has 7 unspecified atom stereocenters. The minimum atomic E-state index is -1.51. The molecule has 24 nitrogen and oxygen atoms in total. The number of amides is 5. The third-order valence-corrected chi connectivity index (χ3v) is 15.3. The molecule has 83 heavy (non-hydrogen) atoms. The van der Waals surface area contributed by atoms with Gasteiger partial charge in [-0.05, 0) is 48.3 Å². The Morgan fingerprint density at radius 3 is 2.02 bits per heavy atom. The normalized spacial score (nSPS) is 20.7. The molecule has 0 saturated carbocycles. The van der Waals surface area contributed by atoms with Crippen molar-refractivity contribution in [3.63, 3.8) is 0 Å². The van der Waals surface area contributed by atoms with Crippen LogP contribution < -0.4 is 15.4 Å². The lowest BCUT2D eigenvalue weighted by Gasteiger charge is -2.41. The van der Waals surface area contributed by atoms with Crippen LogP contribution in [0.25, 0.3) is 0 Å². The number of phenolic OH excluding ortho intramolecular Hbond substituents is 1. The van der Waals surface area contributed by atoms with E-state index in [-0.39, 0.29) is 42.4 Å². The van der Waals surface area contributed by atoms with Gasteiger partial charge in [-0.1, -0.05) is 85.2 Å². The maximum atomic E-state index is 14.8. The molecular weight excluding hydrogens is 1080 g/mol. The number of benzene rings is 2. The third kappa shape index (κ3) is 18.5. The minimum absolute atomic E-state index is 0.0308. The van der Waals surface area contributed by atoms with Gasteiger partial charge in [0.1, 0.15) is 42.3 Å². The predicted octanol–water partition coefficient (Wildman–Crippen LogP) is 4.48. The first kappa shape index (κ1) is 68.4. The number of likely N-dealkylation sites (tertiary alicyclic amines) is 1. The Labute approximate surface area is 486 Å². The van der Waals surface area contributed by atoms with E-state index in [1.807, 2.05) is 44.2 Å². The number of rotatable bonds is 28. The van der Waals surface area contributed by atoms with E-state index >= 15 is 0 Å². The molecule has 13 atom stereocenters. The first-order valence-electron chi connectivity index (χ1n) is 28.0. The monoisotopic (exact) mass is 1170 g/mol. The van der Waals surface area contributed by atoms with Crippen LogP contribution in [-0.4, -0.2) is 190 Å². The van der Waals surface area contributed by atoms with Crippen molar-refractivity contribution in [3.8, 4) is 11.5 Å². The maximum Gasteiger partial charge on any atom is 0.410 e. The van der Waals surface area contributed by atoms with E-state index in [1.54, 1.807) is 46.6 Å². The second-order valence-electron chi connectivity index (χ2n) is 21.8. The minimum Gasteiger partial charge on any atom is -0.507 e. The molecule has 0 aromatic heterocycles. The van der Waals surface area contributed by atoms with Crippen molar-refractivity contribution in [2.45, 2.75) is 174 Å². The molecule has 2 aromatic rings. The van der Waals surface area contributed by atoms with E-state index in [2.05, 4.69) is 10.6 Å². The van der Waals surface area contributed by atoms with Gasteiger partial charge >= 0.3 is 30.0 Å². The molecule has 4 rings (SSSR count). The molecule has 2 aliphatic rings. The van der Waals surface area contributed by atoms with E-state index in [1.165, 1.54) is 45.4 Å². The lowest BCUT2D eigenvalue weighted by Crippen LogP contribution is -2.60. The topological polar surface area (TPSA) is 291 Å². The van der Waals surface area contributed by atoms with Crippen LogP contribution in [0.3, 0.4) is 0 Å². The van der Waals surface area contributed by atoms with Crippen molar-refractivity contribution in [3.05, 3.63) is 59.7 Å². The molecule has 0 bridgehead atoms. The highest BCUT2D eigenvalue weighted by molar-refractivity contribution is 5.92. The van der Waals surface area contributed by atoms with Crippen molar-refractivity contribution in [1.82, 2.24) is 25.3 Å². The molecular formula is C59H87N5O19. The van der Waals surface area contributed by atoms with Crippen molar-refractivity contribution in [2.75, 3.05) is 49.1 Å². The van der Waals surface area contributed by atoms with Crippen LogP contribution in [0.1, 0.15) is 106 Å². The van der Waals surface area contributed by atoms with Crippen LogP contribution in [0.15, 0.2) is 48.5 Å². The van der Waals surface area contributed by atoms with Crippen LogP contribution in [-0.2, 0) is 89.3 Å². The fourth-order valence-electron chi connectivity index (χ4n) is 10.8. The Balaban J connectivity index is 1.45. The Hall–Kier alpha value is -7.05. The molecule has 2 saturated heterocycles. The summed E-state index contributed by atoms with van der Waals surface area (Å²) in [6.45, 7) is 14.8. The highest BCUT2D eigenvalue weighted by atomic mass is 16.7. The average Bonchev–Trinajstić information content (AvgIpc) is 3.81. The fourth-order valence-corrected chi connectivity index (χ4v) is 10.8. The summed E-state index contributed by atoms with van der Waals surface area (Å²) in [6.07, 6.45) is -6.06. The van der Waals surface area contributed by atoms with E-state index in [4.69, 9.17) is 42.6 Å². The van der Waals surface area contributed by atoms with Gasteiger partial charge in [-0.25, -0.2) is 14.4 Å². The van der Waals surface area contributed by atoms with E-state index in [0.29, 0.717) is 25.8 Å².